The van der Waals surface area contributed by atoms with Crippen LogP contribution >= 0.6 is 0 Å². The lowest BCUT2D eigenvalue weighted by atomic mass is 9.99. The van der Waals surface area contributed by atoms with Crippen molar-refractivity contribution in [3.63, 3.8) is 0 Å². The van der Waals surface area contributed by atoms with Crippen molar-refractivity contribution >= 4 is 65.4 Å². The average molecular weight is 700 g/mol. The first-order valence-electron chi connectivity index (χ1n) is 18.3. The zero-order valence-corrected chi connectivity index (χ0v) is 29.5. The Balaban J connectivity index is 1.10. The predicted octanol–water partition coefficient (Wildman–Crippen LogP) is 12.4. The van der Waals surface area contributed by atoms with Crippen LogP contribution in [0.1, 0.15) is 11.1 Å². The quantitative estimate of drug-likeness (QED) is 0.184. The summed E-state index contributed by atoms with van der Waals surface area (Å²) < 4.78 is 6.93. The topological polar surface area (TPSA) is 62.4 Å². The lowest BCUT2D eigenvalue weighted by Crippen LogP contribution is -1.98. The molecule has 0 radical (unpaired) electrons. The highest BCUT2D eigenvalue weighted by molar-refractivity contribution is 6.16. The molecule has 0 saturated heterocycles. The van der Waals surface area contributed by atoms with Crippen LogP contribution < -0.4 is 0 Å². The van der Waals surface area contributed by atoms with Crippen molar-refractivity contribution in [2.24, 2.45) is 0 Å². The molecule has 0 atom stereocenters. The van der Waals surface area contributed by atoms with Crippen LogP contribution in [-0.2, 0) is 0 Å². The van der Waals surface area contributed by atoms with Crippen LogP contribution in [0, 0.1) is 22.7 Å². The summed E-state index contributed by atoms with van der Waals surface area (Å²) in [4.78, 5) is 0. The molecule has 11 rings (SSSR count). The second-order valence-electron chi connectivity index (χ2n) is 14.0. The van der Waals surface area contributed by atoms with Crippen molar-refractivity contribution < 1.29 is 0 Å². The number of hydrogen-bond donors (Lipinski definition) is 0. The molecule has 3 heterocycles. The molecule has 55 heavy (non-hydrogen) atoms. The van der Waals surface area contributed by atoms with Gasteiger partial charge >= 0.3 is 0 Å². The van der Waals surface area contributed by atoms with Gasteiger partial charge in [0.15, 0.2) is 0 Å². The Kier molecular flexibility index (Phi) is 6.61. The van der Waals surface area contributed by atoms with Crippen LogP contribution in [-0.4, -0.2) is 13.7 Å². The van der Waals surface area contributed by atoms with Crippen molar-refractivity contribution in [3.05, 3.63) is 187 Å². The SMILES string of the molecule is N#Cc1ccc2c3ccccc3n(-c3ccc(-c4cc(-n5c6ccccc6c6c(-n7c8ccccc8c8ccccc87)cccc65)ccc4C#N)cc3)c2c1. The van der Waals surface area contributed by atoms with E-state index in [0.29, 0.717) is 11.1 Å². The van der Waals surface area contributed by atoms with E-state index in [-0.39, 0.29) is 0 Å². The second-order valence-corrected chi connectivity index (χ2v) is 14.0. The standard InChI is InChI=1S/C50H29N5/c51-30-32-20-27-40-39-12-1-5-14-43(39)53(49(40)28-32)35-24-21-33(22-25-35)42-29-36(26-23-34(42)31-52)54-46-17-8-4-13-41(46)50-47(54)18-9-19-48(50)55-44-15-6-2-10-37(44)38-11-3-7-16-45(38)55/h1-29H. The second kappa shape index (κ2) is 11.8. The molecule has 0 aliphatic heterocycles. The molecule has 8 aromatic carbocycles. The Labute approximate surface area is 316 Å². The normalized spacial score (nSPS) is 11.6. The van der Waals surface area contributed by atoms with E-state index in [2.05, 4.69) is 165 Å². The predicted molar refractivity (Wildman–Crippen MR) is 224 cm³/mol. The number of benzene rings is 8. The minimum Gasteiger partial charge on any atom is -0.309 e. The first kappa shape index (κ1) is 30.7. The number of nitrogens with zero attached hydrogens (tertiary/aromatic N) is 5. The van der Waals surface area contributed by atoms with Gasteiger partial charge in [0, 0.05) is 49.3 Å². The minimum atomic E-state index is 0.610. The fourth-order valence-electron chi connectivity index (χ4n) is 8.76. The summed E-state index contributed by atoms with van der Waals surface area (Å²) in [5.41, 5.74) is 12.7. The van der Waals surface area contributed by atoms with Crippen molar-refractivity contribution in [3.8, 4) is 40.3 Å². The number of fused-ring (bicyclic) bond motifs is 9. The molecule has 3 aromatic heterocycles. The molecule has 0 aliphatic rings. The molecule has 5 nitrogen and oxygen atoms in total. The van der Waals surface area contributed by atoms with Gasteiger partial charge in [-0.3, -0.25) is 0 Å². The van der Waals surface area contributed by atoms with Crippen molar-refractivity contribution in [1.29, 1.82) is 10.5 Å². The molecular formula is C50H29N5. The van der Waals surface area contributed by atoms with Crippen molar-refractivity contribution in [2.45, 2.75) is 0 Å². The summed E-state index contributed by atoms with van der Waals surface area (Å²) in [6.45, 7) is 0. The third-order valence-corrected chi connectivity index (χ3v) is 11.1. The molecule has 0 bridgehead atoms. The first-order chi connectivity index (χ1) is 27.2. The molecule has 254 valence electrons. The molecule has 0 fully saturated rings. The summed E-state index contributed by atoms with van der Waals surface area (Å²) in [6.07, 6.45) is 0. The average Bonchev–Trinajstić information content (AvgIpc) is 3.89. The Bertz CT molecular complexity index is 3400. The van der Waals surface area contributed by atoms with E-state index in [1.807, 2.05) is 36.4 Å². The molecule has 0 unspecified atom stereocenters. The van der Waals surface area contributed by atoms with E-state index in [4.69, 9.17) is 0 Å². The van der Waals surface area contributed by atoms with E-state index < -0.39 is 0 Å². The van der Waals surface area contributed by atoms with Gasteiger partial charge in [0.1, 0.15) is 0 Å². The Hall–Kier alpha value is -7.86. The summed E-state index contributed by atoms with van der Waals surface area (Å²) in [6, 6.07) is 65.9. The molecular weight excluding hydrogens is 671 g/mol. The van der Waals surface area contributed by atoms with Gasteiger partial charge in [0.2, 0.25) is 0 Å². The van der Waals surface area contributed by atoms with Crippen LogP contribution in [0.2, 0.25) is 0 Å². The van der Waals surface area contributed by atoms with Crippen molar-refractivity contribution in [1.82, 2.24) is 13.7 Å². The molecule has 11 aromatic rings. The zero-order valence-electron chi connectivity index (χ0n) is 29.5. The van der Waals surface area contributed by atoms with E-state index in [0.717, 1.165) is 66.4 Å². The molecule has 0 amide bonds. The number of rotatable bonds is 4. The maximum atomic E-state index is 10.4. The van der Waals surface area contributed by atoms with Crippen LogP contribution in [0.15, 0.2) is 176 Å². The maximum Gasteiger partial charge on any atom is 0.0998 e. The van der Waals surface area contributed by atoms with E-state index >= 15 is 0 Å². The number of para-hydroxylation sites is 4. The van der Waals surface area contributed by atoms with Crippen LogP contribution in [0.25, 0.3) is 93.6 Å². The lowest BCUT2D eigenvalue weighted by Gasteiger charge is -2.14. The largest absolute Gasteiger partial charge is 0.309 e. The summed E-state index contributed by atoms with van der Waals surface area (Å²) in [5.74, 6) is 0. The zero-order chi connectivity index (χ0) is 36.6. The highest BCUT2D eigenvalue weighted by atomic mass is 15.0. The number of aromatic nitrogens is 3. The number of hydrogen-bond acceptors (Lipinski definition) is 2. The smallest absolute Gasteiger partial charge is 0.0998 e. The number of nitriles is 2. The fourth-order valence-corrected chi connectivity index (χ4v) is 8.76. The first-order valence-corrected chi connectivity index (χ1v) is 18.3. The van der Waals surface area contributed by atoms with Crippen molar-refractivity contribution in [2.75, 3.05) is 0 Å². The third-order valence-electron chi connectivity index (χ3n) is 11.1. The maximum absolute atomic E-state index is 10.4. The van der Waals surface area contributed by atoms with E-state index in [1.54, 1.807) is 0 Å². The van der Waals surface area contributed by atoms with Crippen LogP contribution in [0.3, 0.4) is 0 Å². The minimum absolute atomic E-state index is 0.610. The van der Waals surface area contributed by atoms with Gasteiger partial charge in [-0.15, -0.1) is 0 Å². The molecule has 0 saturated carbocycles. The van der Waals surface area contributed by atoms with E-state index in [9.17, 15) is 10.5 Å². The lowest BCUT2D eigenvalue weighted by molar-refractivity contribution is 1.17. The Morgan fingerprint density at radius 2 is 0.891 bits per heavy atom. The van der Waals surface area contributed by atoms with Gasteiger partial charge in [-0.25, -0.2) is 0 Å². The van der Waals surface area contributed by atoms with E-state index in [1.165, 1.54) is 27.2 Å². The summed E-state index contributed by atoms with van der Waals surface area (Å²) >= 11 is 0. The molecule has 5 heteroatoms. The summed E-state index contributed by atoms with van der Waals surface area (Å²) in [7, 11) is 0. The van der Waals surface area contributed by atoms with Gasteiger partial charge in [0.25, 0.3) is 0 Å². The van der Waals surface area contributed by atoms with Gasteiger partial charge in [-0.1, -0.05) is 97.1 Å². The molecule has 0 spiro atoms. The summed E-state index contributed by atoms with van der Waals surface area (Å²) in [5, 5.41) is 27.1. The van der Waals surface area contributed by atoms with Gasteiger partial charge in [-0.05, 0) is 84.4 Å². The third kappa shape index (κ3) is 4.45. The fraction of sp³-hybridized carbons (Fsp3) is 0. The monoisotopic (exact) mass is 699 g/mol. The van der Waals surface area contributed by atoms with Gasteiger partial charge < -0.3 is 13.7 Å². The molecule has 0 N–H and O–H groups in total. The van der Waals surface area contributed by atoms with Crippen LogP contribution in [0.4, 0.5) is 0 Å². The highest BCUT2D eigenvalue weighted by Crippen LogP contribution is 2.41. The van der Waals surface area contributed by atoms with Gasteiger partial charge in [-0.2, -0.15) is 10.5 Å². The molecule has 0 aliphatic carbocycles. The Morgan fingerprint density at radius 1 is 0.364 bits per heavy atom. The van der Waals surface area contributed by atoms with Crippen LogP contribution in [0.5, 0.6) is 0 Å². The van der Waals surface area contributed by atoms with Gasteiger partial charge in [0.05, 0.1) is 62.1 Å². The highest BCUT2D eigenvalue weighted by Gasteiger charge is 2.20. The Morgan fingerprint density at radius 3 is 1.53 bits per heavy atom.